The van der Waals surface area contributed by atoms with Crippen molar-refractivity contribution >= 4 is 5.91 Å². The maximum absolute atomic E-state index is 12.3. The number of aromatic hydroxyl groups is 1. The maximum Gasteiger partial charge on any atom is 0.251 e. The van der Waals surface area contributed by atoms with Gasteiger partial charge in [-0.1, -0.05) is 18.2 Å². The average molecular weight is 392 g/mol. The van der Waals surface area contributed by atoms with E-state index in [1.807, 2.05) is 44.2 Å². The number of nitrogens with two attached hydrogens (primary N) is 1. The molecule has 4 rings (SSSR count). The molecule has 0 spiro atoms. The molecule has 3 N–H and O–H groups in total. The Kier molecular flexibility index (Phi) is 4.92. The van der Waals surface area contributed by atoms with Crippen molar-refractivity contribution in [2.24, 2.45) is 5.73 Å². The number of carbonyl (C=O) groups is 1. The molecular formula is C23H24N2O4. The Balaban J connectivity index is 1.73. The summed E-state index contributed by atoms with van der Waals surface area (Å²) in [7, 11) is 0. The summed E-state index contributed by atoms with van der Waals surface area (Å²) in [5.74, 6) is 1.19. The van der Waals surface area contributed by atoms with E-state index in [0.717, 1.165) is 34.5 Å². The van der Waals surface area contributed by atoms with Crippen LogP contribution in [0.4, 0.5) is 0 Å². The predicted octanol–water partition coefficient (Wildman–Crippen LogP) is 3.59. The summed E-state index contributed by atoms with van der Waals surface area (Å²) in [6, 6.07) is 12.9. The van der Waals surface area contributed by atoms with E-state index >= 15 is 0 Å². The number of primary amides is 1. The van der Waals surface area contributed by atoms with Gasteiger partial charge in [-0.05, 0) is 55.7 Å². The van der Waals surface area contributed by atoms with Crippen LogP contribution in [0.2, 0.25) is 0 Å². The molecule has 1 amide bonds. The summed E-state index contributed by atoms with van der Waals surface area (Å²) in [5.41, 5.74) is 10.9. The first kappa shape index (κ1) is 18.9. The van der Waals surface area contributed by atoms with E-state index < -0.39 is 5.91 Å². The summed E-state index contributed by atoms with van der Waals surface area (Å²) >= 11 is 0. The van der Waals surface area contributed by atoms with Crippen molar-refractivity contribution in [2.45, 2.75) is 26.8 Å². The fraction of sp³-hybridized carbons (Fsp3) is 0.261. The highest BCUT2D eigenvalue weighted by Gasteiger charge is 2.24. The van der Waals surface area contributed by atoms with Crippen molar-refractivity contribution in [3.05, 3.63) is 65.0 Å². The van der Waals surface area contributed by atoms with Crippen molar-refractivity contribution in [1.82, 2.24) is 4.57 Å². The van der Waals surface area contributed by atoms with Crippen LogP contribution >= 0.6 is 0 Å². The zero-order valence-electron chi connectivity index (χ0n) is 16.6. The molecule has 150 valence electrons. The largest absolute Gasteiger partial charge is 0.508 e. The van der Waals surface area contributed by atoms with Crippen LogP contribution in [0.5, 0.6) is 17.2 Å². The normalized spacial score (nSPS) is 12.8. The molecule has 1 aromatic heterocycles. The number of carbonyl (C=O) groups excluding carboxylic acids is 1. The topological polar surface area (TPSA) is 86.7 Å². The minimum Gasteiger partial charge on any atom is -0.508 e. The first-order chi connectivity index (χ1) is 14.0. The van der Waals surface area contributed by atoms with E-state index in [1.165, 1.54) is 0 Å². The quantitative estimate of drug-likeness (QED) is 0.695. The number of aryl methyl sites for hydroxylation is 1. The van der Waals surface area contributed by atoms with Crippen LogP contribution in [0, 0.1) is 13.8 Å². The molecule has 6 nitrogen and oxygen atoms in total. The lowest BCUT2D eigenvalue weighted by Gasteiger charge is -2.19. The Morgan fingerprint density at radius 1 is 1.03 bits per heavy atom. The number of phenols is 1. The Hall–Kier alpha value is -3.41. The summed E-state index contributed by atoms with van der Waals surface area (Å²) in [4.78, 5) is 12.3. The van der Waals surface area contributed by atoms with Gasteiger partial charge in [-0.2, -0.15) is 0 Å². The molecule has 29 heavy (non-hydrogen) atoms. The van der Waals surface area contributed by atoms with Gasteiger partial charge in [0.15, 0.2) is 11.5 Å². The minimum absolute atomic E-state index is 0.249. The van der Waals surface area contributed by atoms with Crippen LogP contribution < -0.4 is 15.2 Å². The highest BCUT2D eigenvalue weighted by Crippen LogP contribution is 2.38. The smallest absolute Gasteiger partial charge is 0.251 e. The van der Waals surface area contributed by atoms with Crippen LogP contribution in [0.1, 0.15) is 27.3 Å². The summed E-state index contributed by atoms with van der Waals surface area (Å²) < 4.78 is 13.4. The lowest BCUT2D eigenvalue weighted by atomic mass is 9.99. The summed E-state index contributed by atoms with van der Waals surface area (Å²) in [6.07, 6.45) is 0.773. The third-order valence-electron chi connectivity index (χ3n) is 5.42. The molecular weight excluding hydrogens is 368 g/mol. The molecule has 0 bridgehead atoms. The standard InChI is InChI=1S/C23H24N2O4/c1-14-21(17-5-8-19-20(13-17)29-12-11-28-19)22(23(24)27)15(2)25(14)10-9-16-3-6-18(26)7-4-16/h3-8,13,26H,9-12H2,1-2H3,(H2,24,27). The number of rotatable bonds is 5. The molecule has 2 aromatic carbocycles. The number of phenolic OH excluding ortho intramolecular Hbond substituents is 1. The van der Waals surface area contributed by atoms with Gasteiger partial charge in [0.25, 0.3) is 5.91 Å². The molecule has 0 radical (unpaired) electrons. The van der Waals surface area contributed by atoms with Crippen LogP contribution in [-0.4, -0.2) is 28.8 Å². The molecule has 2 heterocycles. The fourth-order valence-corrected chi connectivity index (χ4v) is 3.98. The lowest BCUT2D eigenvalue weighted by Crippen LogP contribution is -2.15. The Morgan fingerprint density at radius 2 is 1.72 bits per heavy atom. The van der Waals surface area contributed by atoms with Crippen molar-refractivity contribution in [1.29, 1.82) is 0 Å². The highest BCUT2D eigenvalue weighted by molar-refractivity contribution is 6.02. The van der Waals surface area contributed by atoms with Crippen molar-refractivity contribution in [2.75, 3.05) is 13.2 Å². The van der Waals surface area contributed by atoms with Gasteiger partial charge in [0.1, 0.15) is 19.0 Å². The Labute approximate surface area is 169 Å². The lowest BCUT2D eigenvalue weighted by molar-refractivity contribution is 0.1000. The molecule has 0 atom stereocenters. The number of ether oxygens (including phenoxy) is 2. The average Bonchev–Trinajstić information content (AvgIpc) is 2.97. The molecule has 1 aliphatic heterocycles. The second-order valence-corrected chi connectivity index (χ2v) is 7.21. The van der Waals surface area contributed by atoms with E-state index in [1.54, 1.807) is 12.1 Å². The maximum atomic E-state index is 12.3. The second-order valence-electron chi connectivity index (χ2n) is 7.21. The second kappa shape index (κ2) is 7.54. The van der Waals surface area contributed by atoms with Gasteiger partial charge in [0.05, 0.1) is 5.56 Å². The molecule has 0 fully saturated rings. The number of amides is 1. The summed E-state index contributed by atoms with van der Waals surface area (Å²) in [5, 5.41) is 9.47. The highest BCUT2D eigenvalue weighted by atomic mass is 16.6. The van der Waals surface area contributed by atoms with Gasteiger partial charge in [-0.3, -0.25) is 4.79 Å². The molecule has 0 unspecified atom stereocenters. The third-order valence-corrected chi connectivity index (χ3v) is 5.42. The number of hydrogen-bond donors (Lipinski definition) is 2. The Morgan fingerprint density at radius 3 is 2.41 bits per heavy atom. The van der Waals surface area contributed by atoms with E-state index in [4.69, 9.17) is 15.2 Å². The van der Waals surface area contributed by atoms with Crippen LogP contribution in [0.3, 0.4) is 0 Å². The van der Waals surface area contributed by atoms with E-state index in [0.29, 0.717) is 36.8 Å². The predicted molar refractivity (Wildman–Crippen MR) is 111 cm³/mol. The molecule has 6 heteroatoms. The van der Waals surface area contributed by atoms with Gasteiger partial charge in [-0.15, -0.1) is 0 Å². The van der Waals surface area contributed by atoms with Crippen LogP contribution in [0.25, 0.3) is 11.1 Å². The first-order valence-electron chi connectivity index (χ1n) is 9.63. The van der Waals surface area contributed by atoms with Crippen molar-refractivity contribution < 1.29 is 19.4 Å². The molecule has 0 aliphatic carbocycles. The zero-order chi connectivity index (χ0) is 20.5. The van der Waals surface area contributed by atoms with Gasteiger partial charge < -0.3 is 24.9 Å². The van der Waals surface area contributed by atoms with Gasteiger partial charge in [0.2, 0.25) is 0 Å². The molecule has 3 aromatic rings. The molecule has 0 saturated heterocycles. The molecule has 1 aliphatic rings. The van der Waals surface area contributed by atoms with Crippen LogP contribution in [0.15, 0.2) is 42.5 Å². The Bertz CT molecular complexity index is 1070. The number of fused-ring (bicyclic) bond motifs is 1. The van der Waals surface area contributed by atoms with Gasteiger partial charge in [0, 0.05) is 23.5 Å². The van der Waals surface area contributed by atoms with E-state index in [9.17, 15) is 9.90 Å². The zero-order valence-corrected chi connectivity index (χ0v) is 16.6. The number of hydrogen-bond acceptors (Lipinski definition) is 4. The van der Waals surface area contributed by atoms with E-state index in [2.05, 4.69) is 4.57 Å². The van der Waals surface area contributed by atoms with Crippen molar-refractivity contribution in [3.8, 4) is 28.4 Å². The van der Waals surface area contributed by atoms with Gasteiger partial charge in [-0.25, -0.2) is 0 Å². The SMILES string of the molecule is Cc1c(C(N)=O)c(-c2ccc3c(c2)OCCO3)c(C)n1CCc1ccc(O)cc1. The van der Waals surface area contributed by atoms with Crippen LogP contribution in [-0.2, 0) is 13.0 Å². The minimum atomic E-state index is -0.445. The number of benzene rings is 2. The molecule has 0 saturated carbocycles. The van der Waals surface area contributed by atoms with Crippen molar-refractivity contribution in [3.63, 3.8) is 0 Å². The fourth-order valence-electron chi connectivity index (χ4n) is 3.98. The number of aromatic nitrogens is 1. The number of nitrogens with zero attached hydrogens (tertiary/aromatic N) is 1. The monoisotopic (exact) mass is 392 g/mol. The first-order valence-corrected chi connectivity index (χ1v) is 9.63. The third kappa shape index (κ3) is 3.53. The van der Waals surface area contributed by atoms with Gasteiger partial charge >= 0.3 is 0 Å². The summed E-state index contributed by atoms with van der Waals surface area (Å²) in [6.45, 7) is 5.66. The van der Waals surface area contributed by atoms with E-state index in [-0.39, 0.29) is 5.75 Å².